The van der Waals surface area contributed by atoms with Crippen molar-refractivity contribution < 1.29 is 9.13 Å². The molecule has 0 atom stereocenters. The highest BCUT2D eigenvalue weighted by Gasteiger charge is 2.19. The molecule has 0 bridgehead atoms. The number of halogens is 1. The number of benzene rings is 2. The smallest absolute Gasteiger partial charge is 0.223 e. The van der Waals surface area contributed by atoms with E-state index in [1.807, 2.05) is 25.1 Å². The molecule has 0 radical (unpaired) electrons. The molecule has 3 rings (SSSR count). The van der Waals surface area contributed by atoms with E-state index >= 15 is 0 Å². The van der Waals surface area contributed by atoms with Gasteiger partial charge in [-0.2, -0.15) is 4.98 Å². The largest absolute Gasteiger partial charge is 0.439 e. The number of hydrogen-bond donors (Lipinski definition) is 0. The van der Waals surface area contributed by atoms with Gasteiger partial charge in [-0.05, 0) is 43.2 Å². The third-order valence-electron chi connectivity index (χ3n) is 4.28. The van der Waals surface area contributed by atoms with Crippen molar-refractivity contribution >= 4 is 11.8 Å². The van der Waals surface area contributed by atoms with Gasteiger partial charge in [-0.3, -0.25) is 0 Å². The summed E-state index contributed by atoms with van der Waals surface area (Å²) < 4.78 is 19.2. The number of hydrogen-bond acceptors (Lipinski definition) is 4. The van der Waals surface area contributed by atoms with Crippen LogP contribution in [0.4, 0.5) is 4.39 Å². The van der Waals surface area contributed by atoms with Gasteiger partial charge in [-0.1, -0.05) is 62.4 Å². The molecule has 0 N–H and O–H groups in total. The Labute approximate surface area is 170 Å². The SMILES string of the molecule is Cc1ccc(Oc2cc(C(C)(C)C)nc(SCc3ccc(F)cc3)n2)c(C)c1. The fourth-order valence-electron chi connectivity index (χ4n) is 2.66. The van der Waals surface area contributed by atoms with Crippen LogP contribution >= 0.6 is 11.8 Å². The lowest BCUT2D eigenvalue weighted by molar-refractivity contribution is 0.443. The lowest BCUT2D eigenvalue weighted by Crippen LogP contribution is -2.14. The van der Waals surface area contributed by atoms with Crippen molar-refractivity contribution in [2.24, 2.45) is 0 Å². The van der Waals surface area contributed by atoms with E-state index in [1.54, 1.807) is 12.1 Å². The van der Waals surface area contributed by atoms with E-state index in [1.165, 1.54) is 29.5 Å². The Balaban J connectivity index is 1.87. The number of thioether (sulfide) groups is 1. The standard InChI is InChI=1S/C23H25FN2OS/c1-15-6-11-19(16(2)12-15)27-21-13-20(23(3,4)5)25-22(26-21)28-14-17-7-9-18(24)10-8-17/h6-13H,14H2,1-5H3. The van der Waals surface area contributed by atoms with Crippen molar-refractivity contribution in [1.82, 2.24) is 9.97 Å². The van der Waals surface area contributed by atoms with E-state index < -0.39 is 0 Å². The quantitative estimate of drug-likeness (QED) is 0.359. The van der Waals surface area contributed by atoms with Gasteiger partial charge >= 0.3 is 0 Å². The molecule has 1 heterocycles. The third kappa shape index (κ3) is 5.32. The zero-order valence-electron chi connectivity index (χ0n) is 16.9. The van der Waals surface area contributed by atoms with E-state index in [0.29, 0.717) is 16.8 Å². The monoisotopic (exact) mass is 396 g/mol. The van der Waals surface area contributed by atoms with Crippen LogP contribution in [0, 0.1) is 19.7 Å². The number of ether oxygens (including phenoxy) is 1. The Morgan fingerprint density at radius 1 is 0.964 bits per heavy atom. The second-order valence-corrected chi connectivity index (χ2v) is 8.85. The van der Waals surface area contributed by atoms with Crippen molar-refractivity contribution in [3.05, 3.63) is 76.7 Å². The molecule has 3 aromatic rings. The van der Waals surface area contributed by atoms with Crippen LogP contribution in [0.25, 0.3) is 0 Å². The fourth-order valence-corrected chi connectivity index (χ4v) is 3.47. The minimum Gasteiger partial charge on any atom is -0.439 e. The summed E-state index contributed by atoms with van der Waals surface area (Å²) in [5.41, 5.74) is 4.07. The molecule has 0 aliphatic rings. The van der Waals surface area contributed by atoms with Crippen molar-refractivity contribution in [3.63, 3.8) is 0 Å². The minimum absolute atomic E-state index is 0.130. The molecule has 0 unspecified atom stereocenters. The first-order valence-corrected chi connectivity index (χ1v) is 10.2. The van der Waals surface area contributed by atoms with E-state index in [0.717, 1.165) is 22.6 Å². The molecule has 0 fully saturated rings. The summed E-state index contributed by atoms with van der Waals surface area (Å²) in [5.74, 6) is 1.76. The van der Waals surface area contributed by atoms with Gasteiger partial charge in [0, 0.05) is 17.2 Å². The van der Waals surface area contributed by atoms with Crippen LogP contribution in [0.3, 0.4) is 0 Å². The van der Waals surface area contributed by atoms with Gasteiger partial charge in [0.2, 0.25) is 5.88 Å². The van der Waals surface area contributed by atoms with Crippen molar-refractivity contribution in [2.45, 2.75) is 50.9 Å². The normalized spacial score (nSPS) is 11.5. The zero-order valence-corrected chi connectivity index (χ0v) is 17.7. The van der Waals surface area contributed by atoms with E-state index in [9.17, 15) is 4.39 Å². The molecule has 0 aliphatic heterocycles. The summed E-state index contributed by atoms with van der Waals surface area (Å²) in [7, 11) is 0. The molecular weight excluding hydrogens is 371 g/mol. The van der Waals surface area contributed by atoms with Crippen LogP contribution in [0.1, 0.15) is 43.2 Å². The first kappa shape index (κ1) is 20.3. The van der Waals surface area contributed by atoms with Crippen molar-refractivity contribution in [3.8, 4) is 11.6 Å². The second-order valence-electron chi connectivity index (χ2n) is 7.91. The molecule has 2 aromatic carbocycles. The summed E-state index contributed by atoms with van der Waals surface area (Å²) in [4.78, 5) is 9.31. The molecule has 0 saturated heterocycles. The maximum Gasteiger partial charge on any atom is 0.223 e. The molecule has 3 nitrogen and oxygen atoms in total. The molecule has 0 amide bonds. The zero-order chi connectivity index (χ0) is 20.3. The Hall–Kier alpha value is -2.40. The van der Waals surface area contributed by atoms with Gasteiger partial charge in [0.25, 0.3) is 0 Å². The Bertz CT molecular complexity index is 965. The van der Waals surface area contributed by atoms with Crippen LogP contribution in [0.5, 0.6) is 11.6 Å². The predicted octanol–water partition coefficient (Wildman–Crippen LogP) is 6.61. The highest BCUT2D eigenvalue weighted by atomic mass is 32.2. The predicted molar refractivity (Wildman–Crippen MR) is 113 cm³/mol. The van der Waals surface area contributed by atoms with Crippen LogP contribution in [0.15, 0.2) is 53.7 Å². The third-order valence-corrected chi connectivity index (χ3v) is 5.20. The van der Waals surface area contributed by atoms with Crippen LogP contribution in [-0.2, 0) is 11.2 Å². The molecule has 0 saturated carbocycles. The van der Waals surface area contributed by atoms with Crippen molar-refractivity contribution in [1.29, 1.82) is 0 Å². The van der Waals surface area contributed by atoms with Gasteiger partial charge in [0.15, 0.2) is 5.16 Å². The lowest BCUT2D eigenvalue weighted by Gasteiger charge is -2.19. The van der Waals surface area contributed by atoms with E-state index in [4.69, 9.17) is 9.72 Å². The van der Waals surface area contributed by atoms with Crippen LogP contribution in [0.2, 0.25) is 0 Å². The van der Waals surface area contributed by atoms with Crippen LogP contribution in [-0.4, -0.2) is 9.97 Å². The Kier molecular flexibility index (Phi) is 6.04. The fraction of sp³-hybridized carbons (Fsp3) is 0.304. The van der Waals surface area contributed by atoms with Crippen molar-refractivity contribution in [2.75, 3.05) is 0 Å². The molecule has 1 aromatic heterocycles. The Morgan fingerprint density at radius 3 is 2.32 bits per heavy atom. The number of rotatable bonds is 5. The second kappa shape index (κ2) is 8.31. The first-order chi connectivity index (χ1) is 13.2. The highest BCUT2D eigenvalue weighted by Crippen LogP contribution is 2.31. The number of nitrogens with zero attached hydrogens (tertiary/aromatic N) is 2. The molecule has 28 heavy (non-hydrogen) atoms. The molecule has 0 spiro atoms. The van der Waals surface area contributed by atoms with Gasteiger partial charge in [-0.25, -0.2) is 9.37 Å². The minimum atomic E-state index is -0.233. The number of aryl methyl sites for hydroxylation is 2. The molecule has 146 valence electrons. The first-order valence-electron chi connectivity index (χ1n) is 9.22. The summed E-state index contributed by atoms with van der Waals surface area (Å²) >= 11 is 1.52. The van der Waals surface area contributed by atoms with Crippen LogP contribution < -0.4 is 4.74 Å². The maximum atomic E-state index is 13.1. The summed E-state index contributed by atoms with van der Waals surface area (Å²) in [6.07, 6.45) is 0. The van der Waals surface area contributed by atoms with E-state index in [-0.39, 0.29) is 11.2 Å². The highest BCUT2D eigenvalue weighted by molar-refractivity contribution is 7.98. The maximum absolute atomic E-state index is 13.1. The molecule has 0 aliphatic carbocycles. The summed E-state index contributed by atoms with van der Waals surface area (Å²) in [5, 5.41) is 0.650. The van der Waals surface area contributed by atoms with Gasteiger partial charge in [0.1, 0.15) is 11.6 Å². The van der Waals surface area contributed by atoms with Gasteiger partial charge in [-0.15, -0.1) is 0 Å². The average molecular weight is 397 g/mol. The van der Waals surface area contributed by atoms with Gasteiger partial charge < -0.3 is 4.74 Å². The molecule has 5 heteroatoms. The summed E-state index contributed by atoms with van der Waals surface area (Å²) in [6, 6.07) is 14.5. The Morgan fingerprint density at radius 2 is 1.68 bits per heavy atom. The lowest BCUT2D eigenvalue weighted by atomic mass is 9.92. The van der Waals surface area contributed by atoms with E-state index in [2.05, 4.69) is 38.7 Å². The average Bonchev–Trinajstić information content (AvgIpc) is 2.63. The molecular formula is C23H25FN2OS. The number of aromatic nitrogens is 2. The topological polar surface area (TPSA) is 35.0 Å². The summed E-state index contributed by atoms with van der Waals surface area (Å²) in [6.45, 7) is 10.4. The van der Waals surface area contributed by atoms with Gasteiger partial charge in [0.05, 0.1) is 5.69 Å².